The van der Waals surface area contributed by atoms with E-state index < -0.39 is 0 Å². The fourth-order valence-corrected chi connectivity index (χ4v) is 2.38. The van der Waals surface area contributed by atoms with E-state index in [0.29, 0.717) is 24.6 Å². The summed E-state index contributed by atoms with van der Waals surface area (Å²) in [5.74, 6) is 1.18. The fraction of sp³-hybridized carbons (Fsp3) is 0.150. The van der Waals surface area contributed by atoms with Crippen molar-refractivity contribution in [3.05, 3.63) is 83.8 Å². The summed E-state index contributed by atoms with van der Waals surface area (Å²) in [5.41, 5.74) is 2.44. The van der Waals surface area contributed by atoms with E-state index in [4.69, 9.17) is 4.74 Å². The molecule has 0 spiro atoms. The minimum atomic E-state index is -0.233. The molecule has 6 nitrogen and oxygen atoms in total. The van der Waals surface area contributed by atoms with Crippen LogP contribution in [-0.4, -0.2) is 23.0 Å². The number of rotatable bonds is 7. The second kappa shape index (κ2) is 8.62. The molecule has 1 aromatic heterocycles. The van der Waals surface area contributed by atoms with Gasteiger partial charge in [0.2, 0.25) is 0 Å². The number of ether oxygens (including phenoxy) is 1. The Morgan fingerprint density at radius 1 is 0.962 bits per heavy atom. The quantitative estimate of drug-likeness (QED) is 0.686. The molecule has 3 rings (SSSR count). The Morgan fingerprint density at radius 3 is 2.42 bits per heavy atom. The third-order valence-electron chi connectivity index (χ3n) is 3.83. The minimum Gasteiger partial charge on any atom is -0.497 e. The molecule has 1 heterocycles. The summed E-state index contributed by atoms with van der Waals surface area (Å²) < 4.78 is 5.14. The van der Waals surface area contributed by atoms with Crippen molar-refractivity contribution in [2.24, 2.45) is 0 Å². The summed E-state index contributed by atoms with van der Waals surface area (Å²) in [6.07, 6.45) is 1.38. The average Bonchev–Trinajstić information content (AvgIpc) is 2.72. The van der Waals surface area contributed by atoms with Crippen molar-refractivity contribution in [3.8, 4) is 5.75 Å². The van der Waals surface area contributed by atoms with Gasteiger partial charge in [-0.2, -0.15) is 0 Å². The molecule has 6 heteroatoms. The SMILES string of the molecule is COc1ccc(CNc2cc(C(=O)NCc3ccccc3)ncn2)cc1. The van der Waals surface area contributed by atoms with E-state index in [-0.39, 0.29) is 5.91 Å². The number of carbonyl (C=O) groups excluding carboxylic acids is 1. The molecule has 0 radical (unpaired) electrons. The molecule has 0 aliphatic heterocycles. The van der Waals surface area contributed by atoms with Gasteiger partial charge < -0.3 is 15.4 Å². The summed E-state index contributed by atoms with van der Waals surface area (Å²) in [4.78, 5) is 20.5. The number of benzene rings is 2. The maximum absolute atomic E-state index is 12.3. The third kappa shape index (κ3) is 4.80. The fourth-order valence-electron chi connectivity index (χ4n) is 2.38. The largest absolute Gasteiger partial charge is 0.497 e. The number of methoxy groups -OCH3 is 1. The van der Waals surface area contributed by atoms with E-state index in [1.807, 2.05) is 54.6 Å². The van der Waals surface area contributed by atoms with E-state index in [2.05, 4.69) is 20.6 Å². The molecule has 2 aromatic carbocycles. The lowest BCUT2D eigenvalue weighted by Crippen LogP contribution is -2.24. The number of aromatic nitrogens is 2. The molecule has 132 valence electrons. The second-order valence-corrected chi connectivity index (χ2v) is 5.66. The topological polar surface area (TPSA) is 76.1 Å². The smallest absolute Gasteiger partial charge is 0.270 e. The highest BCUT2D eigenvalue weighted by molar-refractivity contribution is 5.92. The third-order valence-corrected chi connectivity index (χ3v) is 3.83. The van der Waals surface area contributed by atoms with Gasteiger partial charge in [-0.15, -0.1) is 0 Å². The Hall–Kier alpha value is -3.41. The van der Waals surface area contributed by atoms with Crippen LogP contribution >= 0.6 is 0 Å². The van der Waals surface area contributed by atoms with Gasteiger partial charge in [-0.1, -0.05) is 42.5 Å². The minimum absolute atomic E-state index is 0.233. The van der Waals surface area contributed by atoms with Gasteiger partial charge in [0, 0.05) is 19.2 Å². The summed E-state index contributed by atoms with van der Waals surface area (Å²) in [5, 5.41) is 6.05. The lowest BCUT2D eigenvalue weighted by Gasteiger charge is -2.08. The van der Waals surface area contributed by atoms with Crippen LogP contribution in [-0.2, 0) is 13.1 Å². The van der Waals surface area contributed by atoms with Crippen LogP contribution in [0.2, 0.25) is 0 Å². The lowest BCUT2D eigenvalue weighted by molar-refractivity contribution is 0.0946. The molecule has 2 N–H and O–H groups in total. The van der Waals surface area contributed by atoms with Crippen molar-refractivity contribution in [3.63, 3.8) is 0 Å². The Kier molecular flexibility index (Phi) is 5.77. The van der Waals surface area contributed by atoms with Crippen LogP contribution in [0.25, 0.3) is 0 Å². The van der Waals surface area contributed by atoms with Crippen LogP contribution in [0.5, 0.6) is 5.75 Å². The highest BCUT2D eigenvalue weighted by Crippen LogP contribution is 2.13. The Labute approximate surface area is 152 Å². The molecule has 26 heavy (non-hydrogen) atoms. The number of amides is 1. The average molecular weight is 348 g/mol. The van der Waals surface area contributed by atoms with Crippen molar-refractivity contribution in [1.82, 2.24) is 15.3 Å². The van der Waals surface area contributed by atoms with Gasteiger partial charge in [0.25, 0.3) is 5.91 Å². The number of hydrogen-bond acceptors (Lipinski definition) is 5. The summed E-state index contributed by atoms with van der Waals surface area (Å²) >= 11 is 0. The van der Waals surface area contributed by atoms with Gasteiger partial charge in [-0.05, 0) is 23.3 Å². The van der Waals surface area contributed by atoms with E-state index in [9.17, 15) is 4.79 Å². The standard InChI is InChI=1S/C20H20N4O2/c1-26-17-9-7-16(8-10-17)12-21-19-11-18(23-14-24-19)20(25)22-13-15-5-3-2-4-6-15/h2-11,14H,12-13H2,1H3,(H,22,25)(H,21,23,24). The molecule has 0 bridgehead atoms. The summed E-state index contributed by atoms with van der Waals surface area (Å²) in [6, 6.07) is 19.1. The Bertz CT molecular complexity index is 851. The van der Waals surface area contributed by atoms with Gasteiger partial charge in [-0.25, -0.2) is 9.97 Å². The zero-order chi connectivity index (χ0) is 18.2. The first-order valence-electron chi connectivity index (χ1n) is 8.25. The molecule has 0 saturated carbocycles. The van der Waals surface area contributed by atoms with Crippen molar-refractivity contribution in [2.75, 3.05) is 12.4 Å². The predicted molar refractivity (Wildman–Crippen MR) is 100.0 cm³/mol. The molecule has 0 aliphatic carbocycles. The molecule has 0 atom stereocenters. The van der Waals surface area contributed by atoms with E-state index in [0.717, 1.165) is 16.9 Å². The summed E-state index contributed by atoms with van der Waals surface area (Å²) in [7, 11) is 1.64. The molecular weight excluding hydrogens is 328 g/mol. The molecular formula is C20H20N4O2. The van der Waals surface area contributed by atoms with Crippen molar-refractivity contribution in [1.29, 1.82) is 0 Å². The molecule has 0 fully saturated rings. The summed E-state index contributed by atoms with van der Waals surface area (Å²) in [6.45, 7) is 1.05. The maximum Gasteiger partial charge on any atom is 0.270 e. The zero-order valence-corrected chi connectivity index (χ0v) is 14.5. The highest BCUT2D eigenvalue weighted by atomic mass is 16.5. The first kappa shape index (κ1) is 17.4. The van der Waals surface area contributed by atoms with Gasteiger partial charge in [0.15, 0.2) is 0 Å². The van der Waals surface area contributed by atoms with Crippen molar-refractivity contribution in [2.45, 2.75) is 13.1 Å². The van der Waals surface area contributed by atoms with Crippen LogP contribution in [0.4, 0.5) is 5.82 Å². The van der Waals surface area contributed by atoms with E-state index >= 15 is 0 Å². The van der Waals surface area contributed by atoms with Gasteiger partial charge in [-0.3, -0.25) is 4.79 Å². The lowest BCUT2D eigenvalue weighted by atomic mass is 10.2. The molecule has 0 unspecified atom stereocenters. The van der Waals surface area contributed by atoms with Crippen LogP contribution in [0, 0.1) is 0 Å². The molecule has 0 saturated heterocycles. The number of anilines is 1. The van der Waals surface area contributed by atoms with Crippen LogP contribution < -0.4 is 15.4 Å². The van der Waals surface area contributed by atoms with Gasteiger partial charge in [0.05, 0.1) is 7.11 Å². The monoisotopic (exact) mass is 348 g/mol. The van der Waals surface area contributed by atoms with Crippen molar-refractivity contribution >= 4 is 11.7 Å². The normalized spacial score (nSPS) is 10.2. The maximum atomic E-state index is 12.3. The number of nitrogens with one attached hydrogen (secondary N) is 2. The first-order valence-corrected chi connectivity index (χ1v) is 8.25. The first-order chi connectivity index (χ1) is 12.7. The molecule has 3 aromatic rings. The molecule has 1 amide bonds. The van der Waals surface area contributed by atoms with Gasteiger partial charge in [0.1, 0.15) is 23.6 Å². The predicted octanol–water partition coefficient (Wildman–Crippen LogP) is 3.03. The highest BCUT2D eigenvalue weighted by Gasteiger charge is 2.08. The number of nitrogens with zero attached hydrogens (tertiary/aromatic N) is 2. The molecule has 0 aliphatic rings. The number of hydrogen-bond donors (Lipinski definition) is 2. The Morgan fingerprint density at radius 2 is 1.69 bits per heavy atom. The Balaban J connectivity index is 1.57. The number of carbonyl (C=O) groups is 1. The van der Waals surface area contributed by atoms with Gasteiger partial charge >= 0.3 is 0 Å². The van der Waals surface area contributed by atoms with E-state index in [1.165, 1.54) is 6.33 Å². The second-order valence-electron chi connectivity index (χ2n) is 5.66. The van der Waals surface area contributed by atoms with Crippen LogP contribution in [0.1, 0.15) is 21.6 Å². The zero-order valence-electron chi connectivity index (χ0n) is 14.5. The van der Waals surface area contributed by atoms with Crippen LogP contribution in [0.15, 0.2) is 67.0 Å². The van der Waals surface area contributed by atoms with Crippen LogP contribution in [0.3, 0.4) is 0 Å². The van der Waals surface area contributed by atoms with E-state index in [1.54, 1.807) is 13.2 Å². The van der Waals surface area contributed by atoms with Crippen molar-refractivity contribution < 1.29 is 9.53 Å².